The van der Waals surface area contributed by atoms with Crippen molar-refractivity contribution >= 4 is 11.8 Å². The molecule has 2 amide bonds. The fourth-order valence-corrected chi connectivity index (χ4v) is 3.63. The van der Waals surface area contributed by atoms with Crippen LogP contribution in [0.3, 0.4) is 0 Å². The fraction of sp³-hybridized carbons (Fsp3) is 0.611. The Morgan fingerprint density at radius 3 is 3.08 bits per heavy atom. The largest absolute Gasteiger partial charge is 0.376 e. The number of carbonyl (C=O) groups excluding carboxylic acids is 2. The van der Waals surface area contributed by atoms with Gasteiger partial charge >= 0.3 is 0 Å². The molecule has 0 saturated carbocycles. The summed E-state index contributed by atoms with van der Waals surface area (Å²) < 4.78 is 10.7. The van der Waals surface area contributed by atoms with Gasteiger partial charge < -0.3 is 19.7 Å². The van der Waals surface area contributed by atoms with E-state index in [1.54, 1.807) is 11.1 Å². The zero-order valence-electron chi connectivity index (χ0n) is 14.5. The average Bonchev–Trinajstić information content (AvgIpc) is 3.10. The summed E-state index contributed by atoms with van der Waals surface area (Å²) in [5.74, 6) is -0.349. The number of likely N-dealkylation sites (tertiary alicyclic amines) is 1. The second-order valence-electron chi connectivity index (χ2n) is 6.54. The highest BCUT2D eigenvalue weighted by molar-refractivity contribution is 5.82. The monoisotopic (exact) mass is 347 g/mol. The topological polar surface area (TPSA) is 80.8 Å². The van der Waals surface area contributed by atoms with Crippen LogP contribution in [-0.2, 0) is 25.5 Å². The smallest absolute Gasteiger partial charge is 0.248 e. The summed E-state index contributed by atoms with van der Waals surface area (Å²) in [7, 11) is 1.51. The Hall–Kier alpha value is -1.99. The number of rotatable bonds is 6. The van der Waals surface area contributed by atoms with E-state index < -0.39 is 0 Å². The number of ether oxygens (including phenoxy) is 2. The molecule has 7 heteroatoms. The molecule has 3 atom stereocenters. The van der Waals surface area contributed by atoms with E-state index >= 15 is 0 Å². The van der Waals surface area contributed by atoms with Crippen molar-refractivity contribution in [3.63, 3.8) is 0 Å². The first-order valence-corrected chi connectivity index (χ1v) is 8.76. The van der Waals surface area contributed by atoms with Crippen molar-refractivity contribution < 1.29 is 19.1 Å². The Morgan fingerprint density at radius 2 is 2.32 bits per heavy atom. The fourth-order valence-electron chi connectivity index (χ4n) is 3.63. The van der Waals surface area contributed by atoms with Gasteiger partial charge in [0.2, 0.25) is 11.8 Å². The van der Waals surface area contributed by atoms with Gasteiger partial charge in [0.25, 0.3) is 0 Å². The molecule has 136 valence electrons. The van der Waals surface area contributed by atoms with Crippen LogP contribution in [0.1, 0.15) is 18.5 Å². The van der Waals surface area contributed by atoms with Crippen LogP contribution in [0, 0.1) is 5.92 Å². The predicted octanol–water partition coefficient (Wildman–Crippen LogP) is 0.393. The van der Waals surface area contributed by atoms with Gasteiger partial charge in [-0.2, -0.15) is 0 Å². The number of pyridine rings is 1. The first-order valence-electron chi connectivity index (χ1n) is 8.76. The van der Waals surface area contributed by atoms with Crippen LogP contribution in [0.4, 0.5) is 0 Å². The van der Waals surface area contributed by atoms with E-state index in [1.165, 1.54) is 7.11 Å². The molecule has 25 heavy (non-hydrogen) atoms. The van der Waals surface area contributed by atoms with E-state index in [2.05, 4.69) is 10.3 Å². The van der Waals surface area contributed by atoms with Crippen LogP contribution in [0.25, 0.3) is 0 Å². The number of amides is 2. The van der Waals surface area contributed by atoms with Crippen molar-refractivity contribution in [3.05, 3.63) is 30.1 Å². The molecule has 0 radical (unpaired) electrons. The molecule has 1 aromatic rings. The average molecular weight is 347 g/mol. The molecule has 3 rings (SSSR count). The van der Waals surface area contributed by atoms with Gasteiger partial charge in [-0.3, -0.25) is 14.6 Å². The number of carbonyl (C=O) groups is 2. The number of piperidine rings is 1. The van der Waals surface area contributed by atoms with Crippen LogP contribution in [0.15, 0.2) is 24.4 Å². The van der Waals surface area contributed by atoms with Gasteiger partial charge in [-0.05, 0) is 25.0 Å². The molecular weight excluding hydrogens is 322 g/mol. The lowest BCUT2D eigenvalue weighted by Crippen LogP contribution is -2.55. The second kappa shape index (κ2) is 8.40. The Labute approximate surface area is 147 Å². The zero-order valence-corrected chi connectivity index (χ0v) is 14.5. The van der Waals surface area contributed by atoms with Crippen molar-refractivity contribution in [2.45, 2.75) is 31.4 Å². The molecule has 0 aliphatic carbocycles. The van der Waals surface area contributed by atoms with Crippen LogP contribution in [0.2, 0.25) is 0 Å². The third-order valence-corrected chi connectivity index (χ3v) is 4.87. The van der Waals surface area contributed by atoms with Crippen molar-refractivity contribution in [2.24, 2.45) is 5.92 Å². The Balaban J connectivity index is 1.55. The molecule has 1 N–H and O–H groups in total. The molecule has 2 aliphatic rings. The Morgan fingerprint density at radius 1 is 1.44 bits per heavy atom. The minimum atomic E-state index is -0.246. The zero-order chi connectivity index (χ0) is 17.6. The molecule has 0 bridgehead atoms. The van der Waals surface area contributed by atoms with Gasteiger partial charge in [-0.15, -0.1) is 0 Å². The van der Waals surface area contributed by atoms with Gasteiger partial charge in [0.15, 0.2) is 0 Å². The van der Waals surface area contributed by atoms with Gasteiger partial charge in [-0.25, -0.2) is 0 Å². The summed E-state index contributed by atoms with van der Waals surface area (Å²) in [6, 6.07) is 5.81. The van der Waals surface area contributed by atoms with E-state index in [4.69, 9.17) is 9.47 Å². The predicted molar refractivity (Wildman–Crippen MR) is 90.8 cm³/mol. The van der Waals surface area contributed by atoms with Gasteiger partial charge in [0.1, 0.15) is 6.61 Å². The molecule has 1 aromatic heterocycles. The quantitative estimate of drug-likeness (QED) is 0.805. The van der Waals surface area contributed by atoms with E-state index in [0.29, 0.717) is 32.5 Å². The third kappa shape index (κ3) is 4.35. The molecule has 2 aliphatic heterocycles. The lowest BCUT2D eigenvalue weighted by Gasteiger charge is -2.40. The molecule has 3 heterocycles. The SMILES string of the molecule is COCC(=O)N1C[C@@H](C(=O)NCCc2ccccn2)C[C@H]2OCC[C@H]21. The van der Waals surface area contributed by atoms with Crippen LogP contribution in [0.5, 0.6) is 0 Å². The highest BCUT2D eigenvalue weighted by Gasteiger charge is 2.43. The maximum Gasteiger partial charge on any atom is 0.248 e. The summed E-state index contributed by atoms with van der Waals surface area (Å²) >= 11 is 0. The standard InChI is InChI=1S/C18H25N3O4/c1-24-12-17(22)21-11-13(10-16-15(21)6-9-25-16)18(23)20-8-5-14-4-2-3-7-19-14/h2-4,7,13,15-16H,5-6,8-12H2,1H3,(H,20,23)/t13-,15+,16+/m0/s1. The summed E-state index contributed by atoms with van der Waals surface area (Å²) in [6.07, 6.45) is 3.87. The van der Waals surface area contributed by atoms with Crippen LogP contribution >= 0.6 is 0 Å². The van der Waals surface area contributed by atoms with Crippen LogP contribution < -0.4 is 5.32 Å². The molecule has 7 nitrogen and oxygen atoms in total. The minimum Gasteiger partial charge on any atom is -0.376 e. The summed E-state index contributed by atoms with van der Waals surface area (Å²) in [6.45, 7) is 1.65. The van der Waals surface area contributed by atoms with Crippen molar-refractivity contribution in [3.8, 4) is 0 Å². The molecule has 0 aromatic carbocycles. The van der Waals surface area contributed by atoms with Crippen molar-refractivity contribution in [2.75, 3.05) is 33.4 Å². The number of fused-ring (bicyclic) bond motifs is 1. The first-order chi connectivity index (χ1) is 12.2. The maximum atomic E-state index is 12.5. The van der Waals surface area contributed by atoms with E-state index in [1.807, 2.05) is 18.2 Å². The number of nitrogens with zero attached hydrogens (tertiary/aromatic N) is 2. The molecular formula is C18H25N3O4. The highest BCUT2D eigenvalue weighted by atomic mass is 16.5. The number of hydrogen-bond acceptors (Lipinski definition) is 5. The van der Waals surface area contributed by atoms with Gasteiger partial charge in [0.05, 0.1) is 18.1 Å². The third-order valence-electron chi connectivity index (χ3n) is 4.87. The van der Waals surface area contributed by atoms with Crippen LogP contribution in [-0.4, -0.2) is 67.3 Å². The highest BCUT2D eigenvalue weighted by Crippen LogP contribution is 2.31. The number of nitrogens with one attached hydrogen (secondary N) is 1. The molecule has 2 fully saturated rings. The molecule has 2 saturated heterocycles. The maximum absolute atomic E-state index is 12.5. The lowest BCUT2D eigenvalue weighted by atomic mass is 9.89. The summed E-state index contributed by atoms with van der Waals surface area (Å²) in [4.78, 5) is 30.9. The Bertz CT molecular complexity index is 595. The van der Waals surface area contributed by atoms with Crippen molar-refractivity contribution in [1.82, 2.24) is 15.2 Å². The summed E-state index contributed by atoms with van der Waals surface area (Å²) in [5, 5.41) is 2.97. The van der Waals surface area contributed by atoms with E-state index in [-0.39, 0.29) is 36.5 Å². The summed E-state index contributed by atoms with van der Waals surface area (Å²) in [5.41, 5.74) is 0.947. The first kappa shape index (κ1) is 17.8. The lowest BCUT2D eigenvalue weighted by molar-refractivity contribution is -0.145. The van der Waals surface area contributed by atoms with Gasteiger partial charge in [0, 0.05) is 45.1 Å². The van der Waals surface area contributed by atoms with Gasteiger partial charge in [-0.1, -0.05) is 6.07 Å². The molecule has 0 unspecified atom stereocenters. The Kier molecular flexibility index (Phi) is 5.99. The second-order valence-corrected chi connectivity index (χ2v) is 6.54. The minimum absolute atomic E-state index is 0.0277. The van der Waals surface area contributed by atoms with E-state index in [9.17, 15) is 9.59 Å². The number of methoxy groups -OCH3 is 1. The normalized spacial score (nSPS) is 25.5. The van der Waals surface area contributed by atoms with E-state index in [0.717, 1.165) is 12.1 Å². The van der Waals surface area contributed by atoms with Crippen molar-refractivity contribution in [1.29, 1.82) is 0 Å². The number of aromatic nitrogens is 1. The number of hydrogen-bond donors (Lipinski definition) is 1. The molecule has 0 spiro atoms.